The van der Waals surface area contributed by atoms with Gasteiger partial charge in [-0.25, -0.2) is 0 Å². The highest BCUT2D eigenvalue weighted by Crippen LogP contribution is 2.38. The molecule has 2 unspecified atom stereocenters. The minimum absolute atomic E-state index is 0.773. The van der Waals surface area contributed by atoms with E-state index in [4.69, 9.17) is 0 Å². The Morgan fingerprint density at radius 3 is 2.74 bits per heavy atom. The van der Waals surface area contributed by atoms with E-state index in [1.54, 1.807) is 11.1 Å². The number of hydrogen-bond donors (Lipinski definition) is 0. The van der Waals surface area contributed by atoms with Gasteiger partial charge in [0, 0.05) is 0 Å². The van der Waals surface area contributed by atoms with Crippen LogP contribution in [-0.4, -0.2) is 0 Å². The Morgan fingerprint density at radius 2 is 2.00 bits per heavy atom. The molecule has 0 radical (unpaired) electrons. The number of allylic oxidation sites excluding steroid dienone is 10. The van der Waals surface area contributed by atoms with Crippen molar-refractivity contribution in [1.29, 1.82) is 0 Å². The minimum atomic E-state index is 0.773. The molecule has 2 atom stereocenters. The second-order valence-electron chi connectivity index (χ2n) is 6.19. The maximum atomic E-state index is 2.50. The number of hydrogen-bond acceptors (Lipinski definition) is 0. The summed E-state index contributed by atoms with van der Waals surface area (Å²) in [6.45, 7) is 2.24. The Morgan fingerprint density at radius 1 is 1.05 bits per heavy atom. The monoisotopic (exact) mass is 252 g/mol. The van der Waals surface area contributed by atoms with E-state index < -0.39 is 0 Å². The fourth-order valence-corrected chi connectivity index (χ4v) is 3.53. The third-order valence-corrected chi connectivity index (χ3v) is 4.80. The third-order valence-electron chi connectivity index (χ3n) is 4.80. The van der Waals surface area contributed by atoms with Gasteiger partial charge in [0.05, 0.1) is 0 Å². The van der Waals surface area contributed by atoms with Crippen molar-refractivity contribution < 1.29 is 0 Å². The average Bonchev–Trinajstić information content (AvgIpc) is 2.49. The molecule has 0 spiro atoms. The molecule has 0 amide bonds. The lowest BCUT2D eigenvalue weighted by Crippen LogP contribution is -2.18. The highest BCUT2D eigenvalue weighted by Gasteiger charge is 2.24. The molecule has 0 saturated carbocycles. The topological polar surface area (TPSA) is 0 Å². The molecule has 0 saturated heterocycles. The van der Waals surface area contributed by atoms with Crippen LogP contribution in [0.1, 0.15) is 45.4 Å². The van der Waals surface area contributed by atoms with E-state index in [0.29, 0.717) is 0 Å². The zero-order chi connectivity index (χ0) is 13.1. The second kappa shape index (κ2) is 5.77. The maximum Gasteiger partial charge on any atom is -0.0164 e. The molecule has 0 aliphatic heterocycles. The first kappa shape index (κ1) is 12.7. The van der Waals surface area contributed by atoms with Gasteiger partial charge in [-0.2, -0.15) is 0 Å². The molecule has 19 heavy (non-hydrogen) atoms. The van der Waals surface area contributed by atoms with E-state index >= 15 is 0 Å². The van der Waals surface area contributed by atoms with Gasteiger partial charge in [0.2, 0.25) is 0 Å². The van der Waals surface area contributed by atoms with E-state index in [1.165, 1.54) is 44.1 Å². The normalized spacial score (nSPS) is 30.7. The van der Waals surface area contributed by atoms with Crippen LogP contribution in [0.4, 0.5) is 0 Å². The van der Waals surface area contributed by atoms with Crippen LogP contribution in [0.25, 0.3) is 0 Å². The Hall–Kier alpha value is -1.30. The first-order valence-corrected chi connectivity index (χ1v) is 7.72. The average molecular weight is 252 g/mol. The fourth-order valence-electron chi connectivity index (χ4n) is 3.53. The first-order valence-electron chi connectivity index (χ1n) is 7.72. The smallest absolute Gasteiger partial charge is 0.0164 e. The van der Waals surface area contributed by atoms with Crippen molar-refractivity contribution in [2.24, 2.45) is 11.8 Å². The predicted octanol–water partition coefficient (Wildman–Crippen LogP) is 5.51. The van der Waals surface area contributed by atoms with Crippen molar-refractivity contribution in [3.05, 3.63) is 59.3 Å². The van der Waals surface area contributed by atoms with Gasteiger partial charge < -0.3 is 0 Å². The molecule has 3 aliphatic rings. The highest BCUT2D eigenvalue weighted by atomic mass is 14.3. The fraction of sp³-hybridized carbons (Fsp3) is 0.474. The molecular formula is C19H24. The Labute approximate surface area is 117 Å². The molecule has 0 nitrogen and oxygen atoms in total. The van der Waals surface area contributed by atoms with E-state index in [-0.39, 0.29) is 0 Å². The lowest BCUT2D eigenvalue weighted by Gasteiger charge is -2.30. The third kappa shape index (κ3) is 3.00. The van der Waals surface area contributed by atoms with E-state index in [1.807, 2.05) is 0 Å². The standard InChI is InChI=1S/C19H24/c1-15-10-12-17(13-11-15)19-9-5-8-18(14-19)16-6-3-2-4-7-16/h2-4,6,9-10,12,16,18H,5,7-8,11,13-14H2,1H3. The maximum absolute atomic E-state index is 2.50. The Bertz CT molecular complexity index is 482. The van der Waals surface area contributed by atoms with Crippen LogP contribution in [-0.2, 0) is 0 Å². The van der Waals surface area contributed by atoms with E-state index in [2.05, 4.69) is 49.5 Å². The molecule has 0 N–H and O–H groups in total. The molecule has 0 aromatic carbocycles. The summed E-state index contributed by atoms with van der Waals surface area (Å²) < 4.78 is 0. The lowest BCUT2D eigenvalue weighted by molar-refractivity contribution is 0.357. The minimum Gasteiger partial charge on any atom is -0.0840 e. The van der Waals surface area contributed by atoms with Gasteiger partial charge in [-0.1, -0.05) is 48.1 Å². The molecule has 0 bridgehead atoms. The van der Waals surface area contributed by atoms with Crippen LogP contribution in [0, 0.1) is 11.8 Å². The van der Waals surface area contributed by atoms with E-state index in [0.717, 1.165) is 11.8 Å². The van der Waals surface area contributed by atoms with Gasteiger partial charge in [-0.3, -0.25) is 0 Å². The largest absolute Gasteiger partial charge is 0.0840 e. The predicted molar refractivity (Wildman–Crippen MR) is 82.9 cm³/mol. The summed E-state index contributed by atoms with van der Waals surface area (Å²) in [7, 11) is 0. The molecule has 100 valence electrons. The molecule has 3 aliphatic carbocycles. The zero-order valence-corrected chi connectivity index (χ0v) is 11.9. The molecule has 0 heteroatoms. The summed E-state index contributed by atoms with van der Waals surface area (Å²) in [4.78, 5) is 0. The quantitative estimate of drug-likeness (QED) is 0.607. The van der Waals surface area contributed by atoms with Gasteiger partial charge >= 0.3 is 0 Å². The molecular weight excluding hydrogens is 228 g/mol. The lowest BCUT2D eigenvalue weighted by atomic mass is 9.75. The molecule has 3 rings (SSSR count). The number of rotatable bonds is 2. The van der Waals surface area contributed by atoms with Gasteiger partial charge in [-0.05, 0) is 68.4 Å². The van der Waals surface area contributed by atoms with Gasteiger partial charge in [-0.15, -0.1) is 0 Å². The molecule has 0 aromatic rings. The van der Waals surface area contributed by atoms with Crippen LogP contribution in [0.15, 0.2) is 59.3 Å². The van der Waals surface area contributed by atoms with Crippen molar-refractivity contribution in [2.75, 3.05) is 0 Å². The zero-order valence-electron chi connectivity index (χ0n) is 11.9. The van der Waals surface area contributed by atoms with Crippen LogP contribution >= 0.6 is 0 Å². The van der Waals surface area contributed by atoms with Crippen molar-refractivity contribution in [3.63, 3.8) is 0 Å². The summed E-state index contributed by atoms with van der Waals surface area (Å²) in [6, 6.07) is 0. The van der Waals surface area contributed by atoms with Crippen LogP contribution in [0.2, 0.25) is 0 Å². The van der Waals surface area contributed by atoms with Crippen LogP contribution in [0.5, 0.6) is 0 Å². The van der Waals surface area contributed by atoms with Crippen molar-refractivity contribution in [1.82, 2.24) is 0 Å². The summed E-state index contributed by atoms with van der Waals surface area (Å²) >= 11 is 0. The molecule has 0 fully saturated rings. The van der Waals surface area contributed by atoms with E-state index in [9.17, 15) is 0 Å². The SMILES string of the molecule is CC1=CC=C(C2=CCCC(C3C=CC=CC3)C2)CC1. The Balaban J connectivity index is 1.69. The summed E-state index contributed by atoms with van der Waals surface area (Å²) in [5, 5.41) is 0. The van der Waals surface area contributed by atoms with Gasteiger partial charge in [0.25, 0.3) is 0 Å². The van der Waals surface area contributed by atoms with Crippen LogP contribution < -0.4 is 0 Å². The van der Waals surface area contributed by atoms with Crippen molar-refractivity contribution in [2.45, 2.75) is 45.4 Å². The van der Waals surface area contributed by atoms with Crippen molar-refractivity contribution >= 4 is 0 Å². The Kier molecular flexibility index (Phi) is 3.87. The highest BCUT2D eigenvalue weighted by molar-refractivity contribution is 5.39. The summed E-state index contributed by atoms with van der Waals surface area (Å²) in [5.74, 6) is 1.63. The molecule has 0 aromatic heterocycles. The van der Waals surface area contributed by atoms with Gasteiger partial charge in [0.1, 0.15) is 0 Å². The summed E-state index contributed by atoms with van der Waals surface area (Å²) in [6.07, 6.45) is 24.0. The van der Waals surface area contributed by atoms with Crippen molar-refractivity contribution in [3.8, 4) is 0 Å². The van der Waals surface area contributed by atoms with Crippen LogP contribution in [0.3, 0.4) is 0 Å². The second-order valence-corrected chi connectivity index (χ2v) is 6.19. The van der Waals surface area contributed by atoms with Gasteiger partial charge in [0.15, 0.2) is 0 Å². The summed E-state index contributed by atoms with van der Waals surface area (Å²) in [5.41, 5.74) is 4.77. The first-order chi connectivity index (χ1) is 9.33. The molecule has 0 heterocycles.